The van der Waals surface area contributed by atoms with Crippen molar-refractivity contribution >= 4 is 22.4 Å². The first-order chi connectivity index (χ1) is 8.97. The molecule has 0 saturated carbocycles. The van der Waals surface area contributed by atoms with Crippen LogP contribution in [0.4, 0.5) is 9.52 Å². The smallest absolute Gasteiger partial charge is 0.261 e. The van der Waals surface area contributed by atoms with Gasteiger partial charge in [-0.15, -0.1) is 11.3 Å². The number of nitrogens with two attached hydrogens (primary N) is 1. The van der Waals surface area contributed by atoms with Crippen LogP contribution in [0.2, 0.25) is 0 Å². The zero-order valence-electron chi connectivity index (χ0n) is 10.1. The number of nitrogens with zero attached hydrogens (tertiary/aromatic N) is 1. The van der Waals surface area contributed by atoms with E-state index in [-0.39, 0.29) is 17.4 Å². The van der Waals surface area contributed by atoms with Crippen LogP contribution >= 0.6 is 11.3 Å². The van der Waals surface area contributed by atoms with Crippen LogP contribution < -0.4 is 11.1 Å². The van der Waals surface area contributed by atoms with Crippen molar-refractivity contribution in [3.63, 3.8) is 0 Å². The number of halogens is 1. The fraction of sp³-hybridized carbons (Fsp3) is 0.167. The lowest BCUT2D eigenvalue weighted by atomic mass is 10.2. The third kappa shape index (κ3) is 3.07. The van der Waals surface area contributed by atoms with Gasteiger partial charge in [-0.3, -0.25) is 10.1 Å². The average molecular weight is 281 g/mol. The molecule has 0 aliphatic carbocycles. The van der Waals surface area contributed by atoms with E-state index in [2.05, 4.69) is 10.3 Å². The number of aromatic nitrogens is 1. The molecule has 0 saturated heterocycles. The number of carbonyl (C=O) groups excluding carboxylic acids is 1. The zero-order chi connectivity index (χ0) is 14.0. The van der Waals surface area contributed by atoms with E-state index in [1.54, 1.807) is 12.3 Å². The average Bonchev–Trinajstić information content (AvgIpc) is 2.80. The fourth-order valence-corrected chi connectivity index (χ4v) is 2.22. The molecule has 1 heterocycles. The Labute approximate surface area is 112 Å². The minimum absolute atomic E-state index is 0.141. The highest BCUT2D eigenvalue weighted by Crippen LogP contribution is 2.22. The van der Waals surface area contributed by atoms with Gasteiger partial charge in [-0.25, -0.2) is 9.37 Å². The van der Waals surface area contributed by atoms with E-state index in [0.717, 1.165) is 18.2 Å². The Kier molecular flexibility index (Phi) is 3.77. The van der Waals surface area contributed by atoms with Gasteiger partial charge in [-0.2, -0.15) is 0 Å². The summed E-state index contributed by atoms with van der Waals surface area (Å²) in [5.74, 6) is -1.51. The summed E-state index contributed by atoms with van der Waals surface area (Å²) in [6, 6.07) is 2.93. The number of hydrogen-bond donors (Lipinski definition) is 3. The maximum atomic E-state index is 13.0. The second-order valence-electron chi connectivity index (χ2n) is 3.98. The number of thiazole rings is 1. The Morgan fingerprint density at radius 3 is 2.95 bits per heavy atom. The van der Waals surface area contributed by atoms with Crippen molar-refractivity contribution < 1.29 is 14.3 Å². The Bertz CT molecular complexity index is 613. The number of phenolic OH excluding ortho intramolecular Hbond substituents is 1. The van der Waals surface area contributed by atoms with Crippen molar-refractivity contribution in [2.24, 2.45) is 5.73 Å². The van der Waals surface area contributed by atoms with Gasteiger partial charge in [0.15, 0.2) is 5.13 Å². The molecule has 0 bridgehead atoms. The second-order valence-corrected chi connectivity index (χ2v) is 4.84. The van der Waals surface area contributed by atoms with E-state index < -0.39 is 11.7 Å². The summed E-state index contributed by atoms with van der Waals surface area (Å²) in [7, 11) is 0. The van der Waals surface area contributed by atoms with Crippen LogP contribution in [-0.2, 0) is 0 Å². The van der Waals surface area contributed by atoms with Crippen molar-refractivity contribution in [2.75, 3.05) is 5.32 Å². The van der Waals surface area contributed by atoms with E-state index in [1.165, 1.54) is 11.3 Å². The van der Waals surface area contributed by atoms with Crippen LogP contribution in [0.5, 0.6) is 5.75 Å². The largest absolute Gasteiger partial charge is 0.507 e. The molecule has 1 unspecified atom stereocenters. The first kappa shape index (κ1) is 13.4. The first-order valence-electron chi connectivity index (χ1n) is 5.48. The number of amides is 1. The van der Waals surface area contributed by atoms with E-state index in [9.17, 15) is 14.3 Å². The molecule has 7 heteroatoms. The van der Waals surface area contributed by atoms with E-state index >= 15 is 0 Å². The molecule has 4 N–H and O–H groups in total. The van der Waals surface area contributed by atoms with Crippen molar-refractivity contribution in [3.8, 4) is 5.75 Å². The lowest BCUT2D eigenvalue weighted by Gasteiger charge is -2.04. The van der Waals surface area contributed by atoms with E-state index in [1.807, 2.05) is 0 Å². The van der Waals surface area contributed by atoms with Gasteiger partial charge >= 0.3 is 0 Å². The monoisotopic (exact) mass is 281 g/mol. The predicted molar refractivity (Wildman–Crippen MR) is 70.7 cm³/mol. The van der Waals surface area contributed by atoms with Crippen LogP contribution in [0.25, 0.3) is 0 Å². The highest BCUT2D eigenvalue weighted by Gasteiger charge is 2.14. The minimum atomic E-state index is -0.623. The van der Waals surface area contributed by atoms with Crippen LogP contribution in [0, 0.1) is 5.82 Å². The Hall–Kier alpha value is -1.99. The fourth-order valence-electron chi connectivity index (χ4n) is 1.41. The Morgan fingerprint density at radius 1 is 1.58 bits per heavy atom. The third-order valence-electron chi connectivity index (χ3n) is 2.41. The second kappa shape index (κ2) is 5.33. The standard InChI is InChI=1S/C12H12FN3O2S/c1-6(14)9-5-19-12(15-9)16-11(18)8-4-7(13)2-3-10(8)17/h2-6,17H,14H2,1H3,(H,15,16,18). The molecule has 1 amide bonds. The summed E-state index contributed by atoms with van der Waals surface area (Å²) in [5.41, 5.74) is 6.17. The van der Waals surface area contributed by atoms with Gasteiger partial charge in [0.1, 0.15) is 11.6 Å². The normalized spacial score (nSPS) is 12.2. The third-order valence-corrected chi connectivity index (χ3v) is 3.19. The summed E-state index contributed by atoms with van der Waals surface area (Å²) in [4.78, 5) is 16.0. The number of benzene rings is 1. The molecule has 0 aliphatic rings. The first-order valence-corrected chi connectivity index (χ1v) is 6.36. The topological polar surface area (TPSA) is 88.2 Å². The number of hydrogen-bond acceptors (Lipinski definition) is 5. The molecular formula is C12H12FN3O2S. The number of aromatic hydroxyl groups is 1. The lowest BCUT2D eigenvalue weighted by molar-refractivity contribution is 0.102. The molecule has 5 nitrogen and oxygen atoms in total. The quantitative estimate of drug-likeness (QED) is 0.805. The molecular weight excluding hydrogens is 269 g/mol. The molecule has 0 fully saturated rings. The molecule has 1 aromatic heterocycles. The summed E-state index contributed by atoms with van der Waals surface area (Å²) in [6.45, 7) is 1.78. The van der Waals surface area contributed by atoms with Gasteiger partial charge in [-0.05, 0) is 25.1 Å². The van der Waals surface area contributed by atoms with E-state index in [4.69, 9.17) is 5.73 Å². The van der Waals surface area contributed by atoms with Gasteiger partial charge in [0.2, 0.25) is 0 Å². The lowest BCUT2D eigenvalue weighted by Crippen LogP contribution is -2.13. The van der Waals surface area contributed by atoms with Crippen LogP contribution in [0.1, 0.15) is 29.0 Å². The van der Waals surface area contributed by atoms with Crippen LogP contribution in [0.15, 0.2) is 23.6 Å². The summed E-state index contributed by atoms with van der Waals surface area (Å²) in [6.07, 6.45) is 0. The minimum Gasteiger partial charge on any atom is -0.507 e. The number of carbonyl (C=O) groups is 1. The molecule has 2 rings (SSSR count). The molecule has 0 spiro atoms. The predicted octanol–water partition coefficient (Wildman–Crippen LogP) is 2.26. The van der Waals surface area contributed by atoms with Gasteiger partial charge in [0, 0.05) is 11.4 Å². The number of rotatable bonds is 3. The molecule has 1 atom stereocenters. The molecule has 1 aromatic carbocycles. The number of anilines is 1. The highest BCUT2D eigenvalue weighted by atomic mass is 32.1. The maximum absolute atomic E-state index is 13.0. The van der Waals surface area contributed by atoms with Gasteiger partial charge in [0.05, 0.1) is 11.3 Å². The summed E-state index contributed by atoms with van der Waals surface area (Å²) < 4.78 is 13.0. The Balaban J connectivity index is 2.18. The maximum Gasteiger partial charge on any atom is 0.261 e. The van der Waals surface area contributed by atoms with Crippen molar-refractivity contribution in [1.82, 2.24) is 4.98 Å². The SMILES string of the molecule is CC(N)c1csc(NC(=O)c2cc(F)ccc2O)n1. The van der Waals surface area contributed by atoms with Gasteiger partial charge in [0.25, 0.3) is 5.91 Å². The van der Waals surface area contributed by atoms with Crippen LogP contribution in [0.3, 0.4) is 0 Å². The summed E-state index contributed by atoms with van der Waals surface area (Å²) in [5, 5.41) is 14.1. The molecule has 0 radical (unpaired) electrons. The zero-order valence-corrected chi connectivity index (χ0v) is 10.9. The highest BCUT2D eigenvalue weighted by molar-refractivity contribution is 7.14. The molecule has 2 aromatic rings. The van der Waals surface area contributed by atoms with Crippen molar-refractivity contribution in [3.05, 3.63) is 40.7 Å². The molecule has 0 aliphatic heterocycles. The van der Waals surface area contributed by atoms with Crippen LogP contribution in [-0.4, -0.2) is 16.0 Å². The Morgan fingerprint density at radius 2 is 2.32 bits per heavy atom. The number of phenols is 1. The summed E-state index contributed by atoms with van der Waals surface area (Å²) >= 11 is 1.21. The van der Waals surface area contributed by atoms with Gasteiger partial charge in [-0.1, -0.05) is 0 Å². The van der Waals surface area contributed by atoms with Crippen molar-refractivity contribution in [1.29, 1.82) is 0 Å². The van der Waals surface area contributed by atoms with Gasteiger partial charge < -0.3 is 10.8 Å². The molecule has 100 valence electrons. The number of nitrogens with one attached hydrogen (secondary N) is 1. The van der Waals surface area contributed by atoms with E-state index in [0.29, 0.717) is 10.8 Å². The van der Waals surface area contributed by atoms with Crippen molar-refractivity contribution in [2.45, 2.75) is 13.0 Å². The molecule has 19 heavy (non-hydrogen) atoms.